The summed E-state index contributed by atoms with van der Waals surface area (Å²) in [5, 5.41) is 8.02. The van der Waals surface area contributed by atoms with Crippen LogP contribution in [0.1, 0.15) is 24.5 Å². The van der Waals surface area contributed by atoms with Gasteiger partial charge in [0.2, 0.25) is 0 Å². The number of aliphatic imine (C=N–C) groups is 1. The van der Waals surface area contributed by atoms with Crippen LogP contribution in [0.15, 0.2) is 65.8 Å². The number of rotatable bonds is 10. The third kappa shape index (κ3) is 7.99. The molecule has 0 spiro atoms. The van der Waals surface area contributed by atoms with Crippen LogP contribution in [0.4, 0.5) is 0 Å². The predicted molar refractivity (Wildman–Crippen MR) is 137 cm³/mol. The van der Waals surface area contributed by atoms with E-state index in [0.29, 0.717) is 13.1 Å². The lowest BCUT2D eigenvalue weighted by Crippen LogP contribution is -2.37. The van der Waals surface area contributed by atoms with E-state index in [0.717, 1.165) is 54.4 Å². The van der Waals surface area contributed by atoms with Gasteiger partial charge in [-0.3, -0.25) is 4.98 Å². The molecule has 0 aliphatic rings. The third-order valence-electron chi connectivity index (χ3n) is 4.73. The minimum absolute atomic E-state index is 0. The van der Waals surface area contributed by atoms with E-state index in [9.17, 15) is 0 Å². The maximum Gasteiger partial charge on any atom is 0.191 e. The minimum atomic E-state index is 0. The lowest BCUT2D eigenvalue weighted by atomic mass is 10.1. The molecule has 0 aliphatic carbocycles. The molecule has 0 amide bonds. The van der Waals surface area contributed by atoms with Crippen LogP contribution in [-0.2, 0) is 17.8 Å². The first-order chi connectivity index (χ1) is 14.8. The van der Waals surface area contributed by atoms with E-state index in [1.807, 2.05) is 61.7 Å². The van der Waals surface area contributed by atoms with Crippen molar-refractivity contribution in [1.82, 2.24) is 15.6 Å². The van der Waals surface area contributed by atoms with Gasteiger partial charge in [0.25, 0.3) is 0 Å². The summed E-state index contributed by atoms with van der Waals surface area (Å²) in [4.78, 5) is 9.20. The molecule has 0 saturated carbocycles. The molecule has 2 aromatic carbocycles. The van der Waals surface area contributed by atoms with Gasteiger partial charge < -0.3 is 20.1 Å². The Labute approximate surface area is 201 Å². The van der Waals surface area contributed by atoms with Gasteiger partial charge in [0.1, 0.15) is 5.75 Å². The summed E-state index contributed by atoms with van der Waals surface area (Å²) in [5.41, 5.74) is 3.31. The number of nitrogens with zero attached hydrogens (tertiary/aromatic N) is 2. The summed E-state index contributed by atoms with van der Waals surface area (Å²) in [6.45, 7) is 5.54. The van der Waals surface area contributed by atoms with Crippen LogP contribution in [0.3, 0.4) is 0 Å². The highest BCUT2D eigenvalue weighted by Gasteiger charge is 2.04. The zero-order valence-corrected chi connectivity index (χ0v) is 20.5. The first-order valence-corrected chi connectivity index (χ1v) is 10.4. The van der Waals surface area contributed by atoms with Gasteiger partial charge in [-0.05, 0) is 48.7 Å². The summed E-state index contributed by atoms with van der Waals surface area (Å²) in [5.74, 6) is 1.63. The Bertz CT molecular complexity index is 942. The van der Waals surface area contributed by atoms with E-state index in [4.69, 9.17) is 14.5 Å². The minimum Gasteiger partial charge on any atom is -0.497 e. The van der Waals surface area contributed by atoms with Crippen LogP contribution in [0.25, 0.3) is 10.9 Å². The fourth-order valence-electron chi connectivity index (χ4n) is 3.09. The van der Waals surface area contributed by atoms with Crippen molar-refractivity contribution in [1.29, 1.82) is 0 Å². The number of nitrogens with one attached hydrogen (secondary N) is 2. The Morgan fingerprint density at radius 3 is 2.61 bits per heavy atom. The van der Waals surface area contributed by atoms with Crippen molar-refractivity contribution in [2.45, 2.75) is 26.4 Å². The average Bonchev–Trinajstić information content (AvgIpc) is 2.80. The fraction of sp³-hybridized carbons (Fsp3) is 0.333. The molecule has 1 heterocycles. The molecule has 6 nitrogen and oxygen atoms in total. The summed E-state index contributed by atoms with van der Waals surface area (Å²) >= 11 is 0. The molecule has 166 valence electrons. The number of methoxy groups -OCH3 is 1. The Kier molecular flexibility index (Phi) is 11.1. The molecule has 0 atom stereocenters. The van der Waals surface area contributed by atoms with Gasteiger partial charge in [-0.2, -0.15) is 0 Å². The summed E-state index contributed by atoms with van der Waals surface area (Å²) < 4.78 is 10.7. The Hall–Kier alpha value is -2.39. The molecule has 31 heavy (non-hydrogen) atoms. The molecule has 0 radical (unpaired) electrons. The number of aromatic nitrogens is 1. The molecule has 0 aliphatic heterocycles. The molecule has 0 bridgehead atoms. The second-order valence-corrected chi connectivity index (χ2v) is 6.83. The molecular weight excluding hydrogens is 503 g/mol. The maximum atomic E-state index is 5.42. The number of halogens is 1. The molecule has 3 aromatic rings. The van der Waals surface area contributed by atoms with Crippen LogP contribution in [0, 0.1) is 0 Å². The molecule has 2 N–H and O–H groups in total. The van der Waals surface area contributed by atoms with Gasteiger partial charge in [-0.1, -0.05) is 30.3 Å². The van der Waals surface area contributed by atoms with Gasteiger partial charge in [-0.15, -0.1) is 24.0 Å². The average molecular weight is 534 g/mol. The van der Waals surface area contributed by atoms with Gasteiger partial charge in [-0.25, -0.2) is 4.99 Å². The number of pyridine rings is 1. The second-order valence-electron chi connectivity index (χ2n) is 6.83. The molecule has 3 rings (SSSR count). The summed E-state index contributed by atoms with van der Waals surface area (Å²) in [6, 6.07) is 18.2. The number of benzene rings is 2. The third-order valence-corrected chi connectivity index (χ3v) is 4.73. The highest BCUT2D eigenvalue weighted by molar-refractivity contribution is 14.0. The van der Waals surface area contributed by atoms with Gasteiger partial charge in [0, 0.05) is 37.9 Å². The zero-order chi connectivity index (χ0) is 21.0. The second kappa shape index (κ2) is 13.8. The van der Waals surface area contributed by atoms with Crippen molar-refractivity contribution in [3.63, 3.8) is 0 Å². The fourth-order valence-corrected chi connectivity index (χ4v) is 3.09. The number of ether oxygens (including phenoxy) is 2. The number of para-hydroxylation sites is 1. The van der Waals surface area contributed by atoms with Gasteiger partial charge >= 0.3 is 0 Å². The Morgan fingerprint density at radius 1 is 1.03 bits per heavy atom. The van der Waals surface area contributed by atoms with Crippen molar-refractivity contribution in [3.8, 4) is 5.75 Å². The summed E-state index contributed by atoms with van der Waals surface area (Å²) in [7, 11) is 1.67. The van der Waals surface area contributed by atoms with E-state index in [1.165, 1.54) is 5.56 Å². The number of guanidine groups is 1. The van der Waals surface area contributed by atoms with E-state index < -0.39 is 0 Å². The maximum absolute atomic E-state index is 5.42. The Morgan fingerprint density at radius 2 is 1.84 bits per heavy atom. The Balaban J connectivity index is 0.00000341. The first kappa shape index (κ1) is 24.9. The van der Waals surface area contributed by atoms with E-state index in [2.05, 4.69) is 21.7 Å². The first-order valence-electron chi connectivity index (χ1n) is 10.4. The molecular formula is C24H31IN4O2. The van der Waals surface area contributed by atoms with Gasteiger partial charge in [0.05, 0.1) is 19.2 Å². The van der Waals surface area contributed by atoms with Crippen molar-refractivity contribution in [2.75, 3.05) is 26.9 Å². The smallest absolute Gasteiger partial charge is 0.191 e. The van der Waals surface area contributed by atoms with Crippen LogP contribution in [0.5, 0.6) is 5.75 Å². The molecule has 0 saturated heterocycles. The largest absolute Gasteiger partial charge is 0.497 e. The molecule has 0 fully saturated rings. The van der Waals surface area contributed by atoms with Crippen molar-refractivity contribution < 1.29 is 9.47 Å². The molecule has 0 unspecified atom stereocenters. The molecule has 7 heteroatoms. The van der Waals surface area contributed by atoms with E-state index in [1.54, 1.807) is 7.11 Å². The SMILES string of the molecule is CCOCCCNC(=NCc1ccc(OC)cc1)NCc1ccnc2ccccc12.I. The van der Waals surface area contributed by atoms with Crippen LogP contribution >= 0.6 is 24.0 Å². The van der Waals surface area contributed by atoms with Crippen LogP contribution < -0.4 is 15.4 Å². The normalized spacial score (nSPS) is 11.1. The number of hydrogen-bond donors (Lipinski definition) is 2. The van der Waals surface area contributed by atoms with Crippen LogP contribution in [0.2, 0.25) is 0 Å². The predicted octanol–water partition coefficient (Wildman–Crippen LogP) is 4.52. The van der Waals surface area contributed by atoms with Crippen molar-refractivity contribution in [3.05, 3.63) is 71.9 Å². The monoisotopic (exact) mass is 534 g/mol. The topological polar surface area (TPSA) is 67.8 Å². The lowest BCUT2D eigenvalue weighted by Gasteiger charge is -2.14. The van der Waals surface area contributed by atoms with E-state index in [-0.39, 0.29) is 24.0 Å². The van der Waals surface area contributed by atoms with Crippen molar-refractivity contribution >= 4 is 40.8 Å². The van der Waals surface area contributed by atoms with Crippen molar-refractivity contribution in [2.24, 2.45) is 4.99 Å². The molecule has 1 aromatic heterocycles. The van der Waals surface area contributed by atoms with Crippen LogP contribution in [-0.4, -0.2) is 37.8 Å². The quantitative estimate of drug-likeness (QED) is 0.173. The number of fused-ring (bicyclic) bond motifs is 1. The van der Waals surface area contributed by atoms with Gasteiger partial charge in [0.15, 0.2) is 5.96 Å². The summed E-state index contributed by atoms with van der Waals surface area (Å²) in [6.07, 6.45) is 2.78. The number of hydrogen-bond acceptors (Lipinski definition) is 4. The standard InChI is InChI=1S/C24H30N4O2.HI/c1-3-30-16-6-14-26-24(27-17-19-9-11-21(29-2)12-10-19)28-18-20-13-15-25-23-8-5-4-7-22(20)23;/h4-5,7-13,15H,3,6,14,16-18H2,1-2H3,(H2,26,27,28);1H. The highest BCUT2D eigenvalue weighted by atomic mass is 127. The zero-order valence-electron chi connectivity index (χ0n) is 18.1. The highest BCUT2D eigenvalue weighted by Crippen LogP contribution is 2.16. The lowest BCUT2D eigenvalue weighted by molar-refractivity contribution is 0.145. The van der Waals surface area contributed by atoms with E-state index >= 15 is 0 Å².